The lowest BCUT2D eigenvalue weighted by atomic mass is 9.73. The summed E-state index contributed by atoms with van der Waals surface area (Å²) < 4.78 is 0. The fraction of sp³-hybridized carbons (Fsp3) is 0.938. The maximum Gasteiger partial charge on any atom is 0.230 e. The Morgan fingerprint density at radius 2 is 1.74 bits per heavy atom. The van der Waals surface area contributed by atoms with Crippen molar-refractivity contribution < 1.29 is 4.79 Å². The predicted octanol–water partition coefficient (Wildman–Crippen LogP) is 3.18. The van der Waals surface area contributed by atoms with E-state index < -0.39 is 0 Å². The van der Waals surface area contributed by atoms with Crippen LogP contribution in [0, 0.1) is 11.3 Å². The smallest absolute Gasteiger partial charge is 0.230 e. The predicted molar refractivity (Wildman–Crippen MR) is 80.9 cm³/mol. The molecular weight excluding hydrogens is 236 g/mol. The lowest BCUT2D eigenvalue weighted by molar-refractivity contribution is -0.144. The van der Waals surface area contributed by atoms with E-state index in [0.29, 0.717) is 18.4 Å². The number of hydrogen-bond acceptors (Lipinski definition) is 2. The van der Waals surface area contributed by atoms with Gasteiger partial charge in [-0.1, -0.05) is 46.0 Å². The third-order valence-electron chi connectivity index (χ3n) is 4.96. The summed E-state index contributed by atoms with van der Waals surface area (Å²) in [6, 6.07) is 0. The van der Waals surface area contributed by atoms with Crippen LogP contribution in [0.3, 0.4) is 0 Å². The molecule has 0 aliphatic heterocycles. The minimum Gasteiger partial charge on any atom is -0.342 e. The maximum absolute atomic E-state index is 12.9. The van der Waals surface area contributed by atoms with Crippen LogP contribution < -0.4 is 5.73 Å². The summed E-state index contributed by atoms with van der Waals surface area (Å²) in [6.07, 6.45) is 7.85. The molecule has 1 aliphatic carbocycles. The van der Waals surface area contributed by atoms with Gasteiger partial charge in [0.05, 0.1) is 5.41 Å². The van der Waals surface area contributed by atoms with E-state index in [9.17, 15) is 4.79 Å². The highest BCUT2D eigenvalue weighted by atomic mass is 16.2. The zero-order valence-corrected chi connectivity index (χ0v) is 13.1. The molecule has 1 aliphatic rings. The molecule has 0 aromatic heterocycles. The van der Waals surface area contributed by atoms with Crippen LogP contribution in [-0.2, 0) is 4.79 Å². The first-order valence-corrected chi connectivity index (χ1v) is 8.13. The van der Waals surface area contributed by atoms with Crippen LogP contribution in [0.25, 0.3) is 0 Å². The molecule has 1 fully saturated rings. The Labute approximate surface area is 118 Å². The van der Waals surface area contributed by atoms with E-state index in [1.807, 2.05) is 0 Å². The van der Waals surface area contributed by atoms with Crippen molar-refractivity contribution in [2.75, 3.05) is 19.6 Å². The van der Waals surface area contributed by atoms with E-state index in [-0.39, 0.29) is 5.41 Å². The van der Waals surface area contributed by atoms with Gasteiger partial charge in [-0.15, -0.1) is 0 Å². The topological polar surface area (TPSA) is 46.3 Å². The fourth-order valence-corrected chi connectivity index (χ4v) is 3.28. The maximum atomic E-state index is 12.9. The van der Waals surface area contributed by atoms with Crippen molar-refractivity contribution in [2.24, 2.45) is 17.1 Å². The molecule has 19 heavy (non-hydrogen) atoms. The van der Waals surface area contributed by atoms with Gasteiger partial charge in [0.2, 0.25) is 5.91 Å². The van der Waals surface area contributed by atoms with E-state index >= 15 is 0 Å². The van der Waals surface area contributed by atoms with E-state index in [4.69, 9.17) is 5.73 Å². The average Bonchev–Trinajstić information content (AvgIpc) is 2.48. The molecule has 2 N–H and O–H groups in total. The molecule has 0 aromatic rings. The Bertz CT molecular complexity index is 268. The number of rotatable bonds is 7. The highest BCUT2D eigenvalue weighted by Gasteiger charge is 2.40. The monoisotopic (exact) mass is 268 g/mol. The van der Waals surface area contributed by atoms with E-state index in [1.165, 1.54) is 6.42 Å². The number of amides is 1. The van der Waals surface area contributed by atoms with Crippen molar-refractivity contribution in [1.29, 1.82) is 0 Å². The van der Waals surface area contributed by atoms with Gasteiger partial charge in [0.15, 0.2) is 0 Å². The van der Waals surface area contributed by atoms with Gasteiger partial charge in [-0.2, -0.15) is 0 Å². The lowest BCUT2D eigenvalue weighted by Gasteiger charge is -2.39. The number of carbonyl (C=O) groups excluding carboxylic acids is 1. The third-order valence-corrected chi connectivity index (χ3v) is 4.96. The molecule has 0 bridgehead atoms. The first-order chi connectivity index (χ1) is 9.13. The molecule has 0 aromatic carbocycles. The highest BCUT2D eigenvalue weighted by molar-refractivity contribution is 5.83. The Morgan fingerprint density at radius 3 is 2.16 bits per heavy atom. The zero-order valence-electron chi connectivity index (χ0n) is 13.1. The van der Waals surface area contributed by atoms with E-state index in [2.05, 4.69) is 25.7 Å². The molecule has 3 nitrogen and oxygen atoms in total. The number of nitrogens with zero attached hydrogens (tertiary/aromatic N) is 1. The molecule has 1 rings (SSSR count). The quantitative estimate of drug-likeness (QED) is 0.771. The molecule has 0 saturated heterocycles. The second kappa shape index (κ2) is 7.88. The molecule has 0 spiro atoms. The molecule has 3 heteroatoms. The minimum atomic E-state index is -0.250. The zero-order chi connectivity index (χ0) is 14.3. The van der Waals surface area contributed by atoms with Crippen LogP contribution in [-0.4, -0.2) is 30.4 Å². The van der Waals surface area contributed by atoms with Crippen LogP contribution in [0.15, 0.2) is 0 Å². The minimum absolute atomic E-state index is 0.250. The number of nitrogens with two attached hydrogens (primary N) is 1. The van der Waals surface area contributed by atoms with Crippen molar-refractivity contribution in [3.63, 3.8) is 0 Å². The van der Waals surface area contributed by atoms with Crippen LogP contribution in [0.5, 0.6) is 0 Å². The van der Waals surface area contributed by atoms with E-state index in [1.54, 1.807) is 0 Å². The molecule has 112 valence electrons. The summed E-state index contributed by atoms with van der Waals surface area (Å²) in [5, 5.41) is 0. The molecule has 1 saturated carbocycles. The van der Waals surface area contributed by atoms with Gasteiger partial charge in [0, 0.05) is 19.6 Å². The van der Waals surface area contributed by atoms with Gasteiger partial charge < -0.3 is 10.6 Å². The molecule has 0 atom stereocenters. The lowest BCUT2D eigenvalue weighted by Crippen LogP contribution is -2.50. The molecule has 0 heterocycles. The summed E-state index contributed by atoms with van der Waals surface area (Å²) in [7, 11) is 0. The Balaban J connectivity index is 2.75. The number of hydrogen-bond donors (Lipinski definition) is 1. The first-order valence-electron chi connectivity index (χ1n) is 8.13. The molecule has 1 amide bonds. The van der Waals surface area contributed by atoms with Gasteiger partial charge >= 0.3 is 0 Å². The van der Waals surface area contributed by atoms with Gasteiger partial charge in [0.25, 0.3) is 0 Å². The largest absolute Gasteiger partial charge is 0.342 e. The second-order valence-corrected chi connectivity index (χ2v) is 6.07. The van der Waals surface area contributed by atoms with Crippen LogP contribution in [0.1, 0.15) is 65.7 Å². The van der Waals surface area contributed by atoms with Crippen LogP contribution >= 0.6 is 0 Å². The molecule has 0 radical (unpaired) electrons. The van der Waals surface area contributed by atoms with Crippen molar-refractivity contribution in [1.82, 2.24) is 4.90 Å². The number of carbonyl (C=O) groups is 1. The summed E-state index contributed by atoms with van der Waals surface area (Å²) in [5.74, 6) is 0.950. The van der Waals surface area contributed by atoms with Crippen molar-refractivity contribution in [2.45, 2.75) is 65.7 Å². The SMILES string of the molecule is CCC(CC)CN(CC)C(=O)C1(CN)CCCCC1. The summed E-state index contributed by atoms with van der Waals surface area (Å²) in [5.41, 5.74) is 5.73. The fourth-order valence-electron chi connectivity index (χ4n) is 3.28. The third kappa shape index (κ3) is 3.95. The van der Waals surface area contributed by atoms with Crippen LogP contribution in [0.2, 0.25) is 0 Å². The van der Waals surface area contributed by atoms with Crippen molar-refractivity contribution in [3.8, 4) is 0 Å². The normalized spacial score (nSPS) is 18.6. The summed E-state index contributed by atoms with van der Waals surface area (Å²) >= 11 is 0. The van der Waals surface area contributed by atoms with Gasteiger partial charge in [-0.05, 0) is 25.7 Å². The Hall–Kier alpha value is -0.570. The summed E-state index contributed by atoms with van der Waals surface area (Å²) in [6.45, 7) is 8.76. The highest BCUT2D eigenvalue weighted by Crippen LogP contribution is 2.37. The van der Waals surface area contributed by atoms with Gasteiger partial charge in [-0.3, -0.25) is 4.79 Å². The van der Waals surface area contributed by atoms with Crippen molar-refractivity contribution >= 4 is 5.91 Å². The Morgan fingerprint density at radius 1 is 1.16 bits per heavy atom. The van der Waals surface area contributed by atoms with Crippen molar-refractivity contribution in [3.05, 3.63) is 0 Å². The average molecular weight is 268 g/mol. The molecule has 0 unspecified atom stereocenters. The molecular formula is C16H32N2O. The first kappa shape index (κ1) is 16.5. The summed E-state index contributed by atoms with van der Waals surface area (Å²) in [4.78, 5) is 15.0. The Kier molecular flexibility index (Phi) is 6.84. The van der Waals surface area contributed by atoms with Gasteiger partial charge in [-0.25, -0.2) is 0 Å². The second-order valence-electron chi connectivity index (χ2n) is 6.07. The van der Waals surface area contributed by atoms with Gasteiger partial charge in [0.1, 0.15) is 0 Å². The van der Waals surface area contributed by atoms with E-state index in [0.717, 1.165) is 51.6 Å². The standard InChI is InChI=1S/C16H32N2O/c1-4-14(5-2)12-18(6-3)15(19)16(13-17)10-8-7-9-11-16/h14H,4-13,17H2,1-3H3. The van der Waals surface area contributed by atoms with Crippen LogP contribution in [0.4, 0.5) is 0 Å².